The summed E-state index contributed by atoms with van der Waals surface area (Å²) in [7, 11) is 0. The minimum atomic E-state index is -2.39. The molecule has 1 aliphatic carbocycles. The summed E-state index contributed by atoms with van der Waals surface area (Å²) in [5.74, 6) is 0.814. The van der Waals surface area contributed by atoms with Gasteiger partial charge in [0, 0.05) is 24.4 Å². The van der Waals surface area contributed by atoms with Crippen LogP contribution in [0, 0.1) is 11.8 Å². The maximum Gasteiger partial charge on any atom is 0.241 e. The standard InChI is InChI=1S/C21H20F2N4O2/c22-17(23)7-8-29-18-6-3-13(10-24-18)20-19(12-1-2-12)21(28)27(20)14-4-5-15-16(9-14)26-11-25-15/h3-6,9-12,17,19-20H,1-2,7-8H2,(H,25,26)/t19-,20+/m1/s1. The van der Waals surface area contributed by atoms with Crippen LogP contribution in [-0.4, -0.2) is 33.9 Å². The Bertz CT molecular complexity index is 1030. The molecule has 150 valence electrons. The number of amides is 1. The summed E-state index contributed by atoms with van der Waals surface area (Å²) in [6, 6.07) is 9.22. The summed E-state index contributed by atoms with van der Waals surface area (Å²) < 4.78 is 29.8. The molecule has 2 aromatic heterocycles. The van der Waals surface area contributed by atoms with Crippen molar-refractivity contribution in [2.24, 2.45) is 11.8 Å². The zero-order valence-corrected chi connectivity index (χ0v) is 15.6. The summed E-state index contributed by atoms with van der Waals surface area (Å²) in [5.41, 5.74) is 3.47. The van der Waals surface area contributed by atoms with Gasteiger partial charge in [-0.25, -0.2) is 18.7 Å². The Kier molecular flexibility index (Phi) is 4.41. The van der Waals surface area contributed by atoms with Gasteiger partial charge in [-0.2, -0.15) is 0 Å². The Morgan fingerprint density at radius 1 is 1.21 bits per heavy atom. The number of benzene rings is 1. The number of fused-ring (bicyclic) bond motifs is 1. The summed E-state index contributed by atoms with van der Waals surface area (Å²) in [5, 5.41) is 0. The zero-order chi connectivity index (χ0) is 20.0. The van der Waals surface area contributed by atoms with Gasteiger partial charge in [0.1, 0.15) is 0 Å². The van der Waals surface area contributed by atoms with Crippen LogP contribution in [0.2, 0.25) is 0 Å². The SMILES string of the molecule is O=C1[C@H](C2CC2)[C@H](c2ccc(OCCC(F)F)nc2)N1c1ccc2[nH]cnc2c1. The van der Waals surface area contributed by atoms with Crippen LogP contribution < -0.4 is 9.64 Å². The van der Waals surface area contributed by atoms with E-state index in [-0.39, 0.29) is 30.9 Å². The van der Waals surface area contributed by atoms with Crippen LogP contribution in [0.4, 0.5) is 14.5 Å². The average molecular weight is 398 g/mol. The van der Waals surface area contributed by atoms with Gasteiger partial charge in [0.2, 0.25) is 18.2 Å². The van der Waals surface area contributed by atoms with E-state index >= 15 is 0 Å². The van der Waals surface area contributed by atoms with Crippen LogP contribution in [0.5, 0.6) is 5.88 Å². The predicted octanol–water partition coefficient (Wildman–Crippen LogP) is 4.11. The maximum atomic E-state index is 13.0. The summed E-state index contributed by atoms with van der Waals surface area (Å²) in [6.45, 7) is -0.0770. The van der Waals surface area contributed by atoms with Crippen molar-refractivity contribution in [3.05, 3.63) is 48.4 Å². The fraction of sp³-hybridized carbons (Fsp3) is 0.381. The van der Waals surface area contributed by atoms with Crippen molar-refractivity contribution in [3.63, 3.8) is 0 Å². The zero-order valence-electron chi connectivity index (χ0n) is 15.6. The second kappa shape index (κ2) is 7.09. The van der Waals surface area contributed by atoms with Gasteiger partial charge >= 0.3 is 0 Å². The second-order valence-corrected chi connectivity index (χ2v) is 7.58. The molecule has 1 saturated heterocycles. The van der Waals surface area contributed by atoms with E-state index in [4.69, 9.17) is 4.74 Å². The summed E-state index contributed by atoms with van der Waals surface area (Å²) >= 11 is 0. The lowest BCUT2D eigenvalue weighted by Gasteiger charge is -2.47. The summed E-state index contributed by atoms with van der Waals surface area (Å²) in [4.78, 5) is 26.4. The van der Waals surface area contributed by atoms with E-state index < -0.39 is 6.43 Å². The lowest BCUT2D eigenvalue weighted by molar-refractivity contribution is -0.131. The molecule has 0 spiro atoms. The molecule has 2 fully saturated rings. The average Bonchev–Trinajstić information content (AvgIpc) is 3.41. The van der Waals surface area contributed by atoms with Gasteiger partial charge in [-0.3, -0.25) is 4.79 Å². The highest BCUT2D eigenvalue weighted by Gasteiger charge is 2.55. The Balaban J connectivity index is 1.40. The molecule has 5 rings (SSSR count). The number of aromatic nitrogens is 3. The first-order valence-electron chi connectivity index (χ1n) is 9.75. The molecule has 0 radical (unpaired) electrons. The number of carbonyl (C=O) groups excluding carboxylic acids is 1. The van der Waals surface area contributed by atoms with Crippen LogP contribution >= 0.6 is 0 Å². The third-order valence-electron chi connectivity index (χ3n) is 5.64. The number of halogens is 2. The normalized spacial score (nSPS) is 21.6. The molecule has 1 saturated carbocycles. The highest BCUT2D eigenvalue weighted by atomic mass is 19.3. The monoisotopic (exact) mass is 398 g/mol. The number of ether oxygens (including phenoxy) is 1. The molecular formula is C21H20F2N4O2. The number of β-lactam (4-membered cyclic amide) rings is 1. The predicted molar refractivity (Wildman–Crippen MR) is 103 cm³/mol. The lowest BCUT2D eigenvalue weighted by Crippen LogP contribution is -2.56. The number of aromatic amines is 1. The van der Waals surface area contributed by atoms with Crippen LogP contribution in [0.25, 0.3) is 11.0 Å². The number of hydrogen-bond acceptors (Lipinski definition) is 4. The molecule has 2 atom stereocenters. The highest BCUT2D eigenvalue weighted by Crippen LogP contribution is 2.53. The van der Waals surface area contributed by atoms with Gasteiger partial charge < -0.3 is 14.6 Å². The molecule has 3 aromatic rings. The third-order valence-corrected chi connectivity index (χ3v) is 5.64. The van der Waals surface area contributed by atoms with Crippen molar-refractivity contribution in [1.29, 1.82) is 0 Å². The van der Waals surface area contributed by atoms with Gasteiger partial charge in [0.05, 0.1) is 35.9 Å². The first-order chi connectivity index (χ1) is 14.1. The molecule has 29 heavy (non-hydrogen) atoms. The smallest absolute Gasteiger partial charge is 0.241 e. The van der Waals surface area contributed by atoms with Crippen LogP contribution in [0.1, 0.15) is 30.9 Å². The van der Waals surface area contributed by atoms with Gasteiger partial charge in [-0.05, 0) is 42.5 Å². The van der Waals surface area contributed by atoms with E-state index in [0.717, 1.165) is 35.1 Å². The third kappa shape index (κ3) is 3.32. The number of imidazole rings is 1. The van der Waals surface area contributed by atoms with Crippen molar-refractivity contribution in [3.8, 4) is 5.88 Å². The fourth-order valence-electron chi connectivity index (χ4n) is 4.04. The first-order valence-corrected chi connectivity index (χ1v) is 9.75. The molecule has 1 aromatic carbocycles. The topological polar surface area (TPSA) is 71.1 Å². The quantitative estimate of drug-likeness (QED) is 0.608. The van der Waals surface area contributed by atoms with Crippen molar-refractivity contribution in [2.45, 2.75) is 31.7 Å². The molecule has 0 bridgehead atoms. The Labute approximate surface area is 165 Å². The van der Waals surface area contributed by atoms with Crippen molar-refractivity contribution < 1.29 is 18.3 Å². The number of H-pyrrole nitrogens is 1. The number of anilines is 1. The van der Waals surface area contributed by atoms with Crippen molar-refractivity contribution in [2.75, 3.05) is 11.5 Å². The van der Waals surface area contributed by atoms with Crippen LogP contribution in [-0.2, 0) is 4.79 Å². The summed E-state index contributed by atoms with van der Waals surface area (Å²) in [6.07, 6.45) is 2.74. The van der Waals surface area contributed by atoms with Crippen molar-refractivity contribution >= 4 is 22.6 Å². The largest absolute Gasteiger partial charge is 0.477 e. The van der Waals surface area contributed by atoms with Crippen LogP contribution in [0.15, 0.2) is 42.9 Å². The molecule has 1 amide bonds. The van der Waals surface area contributed by atoms with Gasteiger partial charge in [-0.1, -0.05) is 6.07 Å². The number of nitrogens with one attached hydrogen (secondary N) is 1. The molecule has 1 aliphatic heterocycles. The number of alkyl halides is 2. The molecule has 0 unspecified atom stereocenters. The van der Waals surface area contributed by atoms with E-state index in [1.165, 1.54) is 0 Å². The Morgan fingerprint density at radius 2 is 2.07 bits per heavy atom. The van der Waals surface area contributed by atoms with Crippen molar-refractivity contribution in [1.82, 2.24) is 15.0 Å². The van der Waals surface area contributed by atoms with E-state index in [1.807, 2.05) is 29.2 Å². The minimum Gasteiger partial charge on any atom is -0.477 e. The van der Waals surface area contributed by atoms with Gasteiger partial charge in [0.25, 0.3) is 0 Å². The minimum absolute atomic E-state index is 0.0442. The number of nitrogens with zero attached hydrogens (tertiary/aromatic N) is 3. The van der Waals surface area contributed by atoms with E-state index in [2.05, 4.69) is 15.0 Å². The van der Waals surface area contributed by atoms with E-state index in [1.54, 1.807) is 18.6 Å². The highest BCUT2D eigenvalue weighted by molar-refractivity contribution is 6.04. The van der Waals surface area contributed by atoms with Gasteiger partial charge in [0.15, 0.2) is 0 Å². The maximum absolute atomic E-state index is 13.0. The molecule has 6 nitrogen and oxygen atoms in total. The van der Waals surface area contributed by atoms with Gasteiger partial charge in [-0.15, -0.1) is 0 Å². The van der Waals surface area contributed by atoms with E-state index in [0.29, 0.717) is 11.8 Å². The lowest BCUT2D eigenvalue weighted by atomic mass is 9.79. The number of rotatable bonds is 7. The second-order valence-electron chi connectivity index (χ2n) is 7.58. The Morgan fingerprint density at radius 3 is 2.79 bits per heavy atom. The molecule has 8 heteroatoms. The van der Waals surface area contributed by atoms with E-state index in [9.17, 15) is 13.6 Å². The molecule has 2 aliphatic rings. The van der Waals surface area contributed by atoms with Crippen LogP contribution in [0.3, 0.4) is 0 Å². The molecular weight excluding hydrogens is 378 g/mol. The number of hydrogen-bond donors (Lipinski definition) is 1. The fourth-order valence-corrected chi connectivity index (χ4v) is 4.04. The Hall–Kier alpha value is -3.03. The number of pyridine rings is 1. The molecule has 3 heterocycles. The number of carbonyl (C=O) groups is 1. The first kappa shape index (κ1) is 18.0. The molecule has 1 N–H and O–H groups in total.